The maximum absolute atomic E-state index is 6.53. The minimum Gasteiger partial charge on any atom is -0.357 e. The Bertz CT molecular complexity index is 956. The van der Waals surface area contributed by atoms with Crippen LogP contribution in [0.1, 0.15) is 42.0 Å². The molecule has 1 fully saturated rings. The summed E-state index contributed by atoms with van der Waals surface area (Å²) >= 11 is 0. The quantitative estimate of drug-likeness (QED) is 0.525. The Kier molecular flexibility index (Phi) is 5.91. The molecule has 1 saturated heterocycles. The molecule has 0 aromatic heterocycles. The fourth-order valence-electron chi connectivity index (χ4n) is 3.91. The standard InChI is InChI=1S/C26H29NO3/c1-18-12-11-13-19(2)23(18)27-25-26(4,22-16-9-6-10-17-22)30-29-24(28-25)20(3)21-14-7-5-8-15-21/h5-17,20,24-25,27H,1-4H3. The van der Waals surface area contributed by atoms with Crippen LogP contribution in [-0.2, 0) is 20.1 Å². The van der Waals surface area contributed by atoms with Crippen LogP contribution in [0.2, 0.25) is 0 Å². The van der Waals surface area contributed by atoms with E-state index in [0.29, 0.717) is 0 Å². The third kappa shape index (κ3) is 3.99. The summed E-state index contributed by atoms with van der Waals surface area (Å²) in [6.45, 7) is 8.28. The zero-order valence-corrected chi connectivity index (χ0v) is 18.0. The highest BCUT2D eigenvalue weighted by molar-refractivity contribution is 5.57. The van der Waals surface area contributed by atoms with Gasteiger partial charge < -0.3 is 10.1 Å². The van der Waals surface area contributed by atoms with Crippen molar-refractivity contribution in [1.82, 2.24) is 0 Å². The molecule has 1 aliphatic rings. The summed E-state index contributed by atoms with van der Waals surface area (Å²) < 4.78 is 6.53. The largest absolute Gasteiger partial charge is 0.357 e. The van der Waals surface area contributed by atoms with E-state index in [1.54, 1.807) is 0 Å². The number of aryl methyl sites for hydroxylation is 2. The second-order valence-electron chi connectivity index (χ2n) is 8.15. The summed E-state index contributed by atoms with van der Waals surface area (Å²) in [5, 5.41) is 3.62. The van der Waals surface area contributed by atoms with Gasteiger partial charge in [-0.25, -0.2) is 9.78 Å². The molecule has 4 rings (SSSR count). The molecule has 0 aliphatic carbocycles. The van der Waals surface area contributed by atoms with Crippen LogP contribution in [0.3, 0.4) is 0 Å². The van der Waals surface area contributed by atoms with E-state index in [9.17, 15) is 0 Å². The molecule has 1 heterocycles. The molecule has 0 spiro atoms. The summed E-state index contributed by atoms with van der Waals surface area (Å²) in [4.78, 5) is 11.9. The van der Waals surface area contributed by atoms with Gasteiger partial charge in [0.25, 0.3) is 0 Å². The molecule has 0 saturated carbocycles. The lowest BCUT2D eigenvalue weighted by Crippen LogP contribution is -2.54. The summed E-state index contributed by atoms with van der Waals surface area (Å²) in [7, 11) is 0. The van der Waals surface area contributed by atoms with Crippen LogP contribution in [0.4, 0.5) is 5.69 Å². The molecule has 1 aliphatic heterocycles. The molecule has 4 atom stereocenters. The number of para-hydroxylation sites is 1. The average Bonchev–Trinajstić information content (AvgIpc) is 2.78. The van der Waals surface area contributed by atoms with E-state index in [2.05, 4.69) is 56.4 Å². The van der Waals surface area contributed by atoms with Crippen molar-refractivity contribution in [2.45, 2.75) is 51.7 Å². The van der Waals surface area contributed by atoms with Gasteiger partial charge in [0.2, 0.25) is 0 Å². The molecular weight excluding hydrogens is 374 g/mol. The molecule has 0 radical (unpaired) electrons. The fourth-order valence-corrected chi connectivity index (χ4v) is 3.91. The Hall–Kier alpha value is -2.66. The van der Waals surface area contributed by atoms with Gasteiger partial charge in [0.05, 0.1) is 0 Å². The molecule has 30 heavy (non-hydrogen) atoms. The van der Waals surface area contributed by atoms with Crippen LogP contribution in [0.5, 0.6) is 0 Å². The second kappa shape index (κ2) is 8.60. The first-order chi connectivity index (χ1) is 14.5. The first-order valence-electron chi connectivity index (χ1n) is 10.4. The zero-order valence-electron chi connectivity index (χ0n) is 18.0. The maximum Gasteiger partial charge on any atom is 0.200 e. The minimum atomic E-state index is -0.817. The van der Waals surface area contributed by atoms with Crippen molar-refractivity contribution in [1.29, 1.82) is 0 Å². The number of ether oxygens (including phenoxy) is 1. The first kappa shape index (κ1) is 20.6. The zero-order chi connectivity index (χ0) is 21.1. The monoisotopic (exact) mass is 403 g/mol. The Morgan fingerprint density at radius 3 is 2.07 bits per heavy atom. The lowest BCUT2D eigenvalue weighted by Gasteiger charge is -2.45. The van der Waals surface area contributed by atoms with Crippen LogP contribution < -0.4 is 5.32 Å². The van der Waals surface area contributed by atoms with Gasteiger partial charge in [-0.2, -0.15) is 0 Å². The maximum atomic E-state index is 6.53. The lowest BCUT2D eigenvalue weighted by molar-refractivity contribution is -0.490. The highest BCUT2D eigenvalue weighted by atomic mass is 17.2. The van der Waals surface area contributed by atoms with Gasteiger partial charge in [0.1, 0.15) is 0 Å². The highest BCUT2D eigenvalue weighted by Gasteiger charge is 2.47. The number of benzene rings is 3. The molecule has 4 unspecified atom stereocenters. The third-order valence-electron chi connectivity index (χ3n) is 5.92. The smallest absolute Gasteiger partial charge is 0.200 e. The van der Waals surface area contributed by atoms with Crippen LogP contribution in [0.25, 0.3) is 0 Å². The predicted molar refractivity (Wildman–Crippen MR) is 119 cm³/mol. The molecule has 3 aromatic rings. The van der Waals surface area contributed by atoms with Crippen LogP contribution in [0.15, 0.2) is 78.9 Å². The van der Waals surface area contributed by atoms with E-state index in [1.807, 2.05) is 55.5 Å². The van der Waals surface area contributed by atoms with Gasteiger partial charge in [0.15, 0.2) is 18.1 Å². The van der Waals surface area contributed by atoms with Gasteiger partial charge in [-0.3, -0.25) is 0 Å². The molecule has 4 heteroatoms. The molecule has 0 bridgehead atoms. The molecule has 3 aromatic carbocycles. The Labute approximate surface area is 178 Å². The van der Waals surface area contributed by atoms with Crippen molar-refractivity contribution in [2.75, 3.05) is 5.32 Å². The Morgan fingerprint density at radius 2 is 1.43 bits per heavy atom. The van der Waals surface area contributed by atoms with E-state index in [4.69, 9.17) is 14.5 Å². The van der Waals surface area contributed by atoms with Gasteiger partial charge in [-0.1, -0.05) is 85.8 Å². The molecule has 156 valence electrons. The van der Waals surface area contributed by atoms with Gasteiger partial charge in [0, 0.05) is 11.6 Å². The Balaban J connectivity index is 1.67. The van der Waals surface area contributed by atoms with Crippen LogP contribution in [-0.4, -0.2) is 12.5 Å². The van der Waals surface area contributed by atoms with Crippen molar-refractivity contribution in [2.24, 2.45) is 0 Å². The first-order valence-corrected chi connectivity index (χ1v) is 10.4. The molecule has 1 N–H and O–H groups in total. The summed E-state index contributed by atoms with van der Waals surface area (Å²) in [5.41, 5.74) is 4.69. The second-order valence-corrected chi connectivity index (χ2v) is 8.15. The minimum absolute atomic E-state index is 0.00814. The highest BCUT2D eigenvalue weighted by Crippen LogP contribution is 2.40. The van der Waals surface area contributed by atoms with Crippen LogP contribution >= 0.6 is 0 Å². The van der Waals surface area contributed by atoms with E-state index < -0.39 is 18.1 Å². The normalized spacial score (nSPS) is 24.9. The van der Waals surface area contributed by atoms with E-state index in [-0.39, 0.29) is 5.92 Å². The van der Waals surface area contributed by atoms with E-state index in [1.165, 1.54) is 0 Å². The topological polar surface area (TPSA) is 39.7 Å². The van der Waals surface area contributed by atoms with Gasteiger partial charge in [-0.15, -0.1) is 0 Å². The third-order valence-corrected chi connectivity index (χ3v) is 5.92. The average molecular weight is 404 g/mol. The van der Waals surface area contributed by atoms with E-state index >= 15 is 0 Å². The number of hydrogen-bond acceptors (Lipinski definition) is 4. The molecule has 4 nitrogen and oxygen atoms in total. The summed E-state index contributed by atoms with van der Waals surface area (Å²) in [6.07, 6.45) is -0.976. The van der Waals surface area contributed by atoms with Gasteiger partial charge in [-0.05, 0) is 43.0 Å². The van der Waals surface area contributed by atoms with Crippen molar-refractivity contribution in [3.63, 3.8) is 0 Å². The number of anilines is 1. The number of nitrogens with one attached hydrogen (secondary N) is 1. The SMILES string of the molecule is Cc1cccc(C)c1NC1OC(C(C)c2ccccc2)OOC1(C)c1ccccc1. The van der Waals surface area contributed by atoms with Crippen molar-refractivity contribution < 1.29 is 14.5 Å². The van der Waals surface area contributed by atoms with E-state index in [0.717, 1.165) is 27.9 Å². The molecule has 0 amide bonds. The molecular formula is C26H29NO3. The number of hydrogen-bond donors (Lipinski definition) is 1. The van der Waals surface area contributed by atoms with Gasteiger partial charge >= 0.3 is 0 Å². The number of rotatable bonds is 5. The predicted octanol–water partition coefficient (Wildman–Crippen LogP) is 6.07. The van der Waals surface area contributed by atoms with Crippen LogP contribution in [0, 0.1) is 13.8 Å². The van der Waals surface area contributed by atoms with Crippen molar-refractivity contribution in [3.05, 3.63) is 101 Å². The van der Waals surface area contributed by atoms with Crippen molar-refractivity contribution >= 4 is 5.69 Å². The fraction of sp³-hybridized carbons (Fsp3) is 0.308. The Morgan fingerprint density at radius 1 is 0.833 bits per heavy atom. The lowest BCUT2D eigenvalue weighted by atomic mass is 9.92. The summed E-state index contributed by atoms with van der Waals surface area (Å²) in [5.74, 6) is 0.00814. The summed E-state index contributed by atoms with van der Waals surface area (Å²) in [6, 6.07) is 26.5. The van der Waals surface area contributed by atoms with Crippen molar-refractivity contribution in [3.8, 4) is 0 Å².